The van der Waals surface area contributed by atoms with Crippen LogP contribution in [0.4, 0.5) is 5.00 Å². The molecule has 0 unspecified atom stereocenters. The van der Waals surface area contributed by atoms with E-state index in [9.17, 15) is 0 Å². The van der Waals surface area contributed by atoms with Crippen molar-refractivity contribution in [3.8, 4) is 11.5 Å². The summed E-state index contributed by atoms with van der Waals surface area (Å²) in [5.41, 5.74) is 10.9. The Morgan fingerprint density at radius 1 is 1.38 bits per heavy atom. The Labute approximate surface area is 84.3 Å². The van der Waals surface area contributed by atoms with Gasteiger partial charge in [0, 0.05) is 0 Å². The molecule has 0 spiro atoms. The summed E-state index contributed by atoms with van der Waals surface area (Å²) < 4.78 is 4.15. The molecule has 0 aromatic carbocycles. The molecule has 1 heterocycles. The predicted octanol–water partition coefficient (Wildman–Crippen LogP) is 2.26. The van der Waals surface area contributed by atoms with E-state index in [1.54, 1.807) is 0 Å². The number of nitrogens with two attached hydrogens (primary N) is 1. The molecule has 1 aromatic rings. The minimum atomic E-state index is -1.30. The number of nitrogens with zero attached hydrogens (tertiary/aromatic N) is 1. The van der Waals surface area contributed by atoms with Crippen molar-refractivity contribution in [2.24, 2.45) is 0 Å². The molecule has 2 N–H and O–H groups in total. The second-order valence-corrected chi connectivity index (χ2v) is 9.56. The van der Waals surface area contributed by atoms with Gasteiger partial charge in [0.2, 0.25) is 0 Å². The van der Waals surface area contributed by atoms with Crippen LogP contribution >= 0.6 is 11.5 Å². The van der Waals surface area contributed by atoms with Crippen LogP contribution in [0.3, 0.4) is 0 Å². The molecule has 13 heavy (non-hydrogen) atoms. The fourth-order valence-corrected chi connectivity index (χ4v) is 1.91. The van der Waals surface area contributed by atoms with E-state index in [0.717, 1.165) is 16.3 Å². The molecule has 0 aliphatic rings. The van der Waals surface area contributed by atoms with Gasteiger partial charge in [-0.25, -0.2) is 0 Å². The minimum absolute atomic E-state index is 0.739. The van der Waals surface area contributed by atoms with Gasteiger partial charge in [-0.3, -0.25) is 0 Å². The summed E-state index contributed by atoms with van der Waals surface area (Å²) in [6, 6.07) is 0. The van der Waals surface area contributed by atoms with Crippen molar-refractivity contribution in [1.82, 2.24) is 4.37 Å². The molecule has 4 heteroatoms. The van der Waals surface area contributed by atoms with Crippen molar-refractivity contribution in [1.29, 1.82) is 0 Å². The van der Waals surface area contributed by atoms with Gasteiger partial charge in [-0.1, -0.05) is 25.6 Å². The van der Waals surface area contributed by atoms with E-state index in [1.165, 1.54) is 11.5 Å². The molecule has 0 saturated heterocycles. The van der Waals surface area contributed by atoms with Crippen molar-refractivity contribution in [2.45, 2.75) is 26.6 Å². The van der Waals surface area contributed by atoms with Gasteiger partial charge in [0.25, 0.3) is 0 Å². The average Bonchev–Trinajstić information content (AvgIpc) is 2.27. The number of anilines is 1. The van der Waals surface area contributed by atoms with Crippen LogP contribution in [0.25, 0.3) is 0 Å². The molecule has 0 fully saturated rings. The van der Waals surface area contributed by atoms with E-state index >= 15 is 0 Å². The third-order valence-corrected chi connectivity index (χ3v) is 3.09. The Morgan fingerprint density at radius 2 is 2.00 bits per heavy atom. The largest absolute Gasteiger partial charge is 0.388 e. The van der Waals surface area contributed by atoms with Gasteiger partial charge in [-0.15, -0.1) is 5.54 Å². The van der Waals surface area contributed by atoms with Crippen LogP contribution in [-0.2, 0) is 0 Å². The SMILES string of the molecule is Cc1nsc(N)c1C#C[Si](C)(C)C. The summed E-state index contributed by atoms with van der Waals surface area (Å²) in [6.45, 7) is 8.59. The highest BCUT2D eigenvalue weighted by Crippen LogP contribution is 2.19. The maximum absolute atomic E-state index is 5.74. The summed E-state index contributed by atoms with van der Waals surface area (Å²) in [7, 11) is -1.30. The minimum Gasteiger partial charge on any atom is -0.388 e. The molecule has 0 aliphatic carbocycles. The summed E-state index contributed by atoms with van der Waals surface area (Å²) in [4.78, 5) is 0. The van der Waals surface area contributed by atoms with Gasteiger partial charge < -0.3 is 5.73 Å². The maximum Gasteiger partial charge on any atom is 0.129 e. The molecule has 0 radical (unpaired) electrons. The number of hydrogen-bond acceptors (Lipinski definition) is 3. The number of hydrogen-bond donors (Lipinski definition) is 1. The second kappa shape index (κ2) is 3.52. The first-order valence-electron chi connectivity index (χ1n) is 4.15. The zero-order chi connectivity index (χ0) is 10.1. The molecule has 0 bridgehead atoms. The van der Waals surface area contributed by atoms with E-state index in [1.807, 2.05) is 6.92 Å². The third-order valence-electron chi connectivity index (χ3n) is 1.45. The summed E-state index contributed by atoms with van der Waals surface area (Å²) in [5.74, 6) is 3.14. The average molecular weight is 210 g/mol. The van der Waals surface area contributed by atoms with Crippen molar-refractivity contribution in [3.63, 3.8) is 0 Å². The van der Waals surface area contributed by atoms with Crippen molar-refractivity contribution in [3.05, 3.63) is 11.3 Å². The first kappa shape index (κ1) is 10.3. The summed E-state index contributed by atoms with van der Waals surface area (Å²) in [5, 5.41) is 0.739. The van der Waals surface area contributed by atoms with Crippen LogP contribution < -0.4 is 5.73 Å². The van der Waals surface area contributed by atoms with Gasteiger partial charge in [-0.05, 0) is 18.5 Å². The van der Waals surface area contributed by atoms with E-state index in [4.69, 9.17) is 5.73 Å². The highest BCUT2D eigenvalue weighted by molar-refractivity contribution is 7.10. The number of aryl methyl sites for hydroxylation is 1. The quantitative estimate of drug-likeness (QED) is 0.527. The molecule has 0 atom stereocenters. The van der Waals surface area contributed by atoms with Crippen molar-refractivity contribution < 1.29 is 0 Å². The summed E-state index contributed by atoms with van der Waals surface area (Å²) >= 11 is 1.32. The molecular formula is C9H14N2SSi. The Hall–Kier alpha value is -0.793. The lowest BCUT2D eigenvalue weighted by Crippen LogP contribution is -2.16. The molecule has 70 valence electrons. The fourth-order valence-electron chi connectivity index (χ4n) is 0.789. The van der Waals surface area contributed by atoms with Crippen LogP contribution in [0.1, 0.15) is 11.3 Å². The number of nitrogen functional groups attached to an aromatic ring is 1. The van der Waals surface area contributed by atoms with E-state index in [-0.39, 0.29) is 0 Å². The topological polar surface area (TPSA) is 38.9 Å². The Morgan fingerprint density at radius 3 is 2.38 bits per heavy atom. The normalized spacial score (nSPS) is 10.8. The smallest absolute Gasteiger partial charge is 0.129 e. The Balaban J connectivity index is 3.02. The van der Waals surface area contributed by atoms with Gasteiger partial charge in [0.05, 0.1) is 11.3 Å². The van der Waals surface area contributed by atoms with Crippen LogP contribution in [0, 0.1) is 18.4 Å². The number of aromatic nitrogens is 1. The molecule has 0 aliphatic heterocycles. The molecule has 1 aromatic heterocycles. The lowest BCUT2D eigenvalue weighted by Gasteiger charge is -2.03. The molecular weight excluding hydrogens is 196 g/mol. The lowest BCUT2D eigenvalue weighted by molar-refractivity contribution is 1.33. The van der Waals surface area contributed by atoms with Crippen LogP contribution in [0.15, 0.2) is 0 Å². The fraction of sp³-hybridized carbons (Fsp3) is 0.444. The molecule has 2 nitrogen and oxygen atoms in total. The third kappa shape index (κ3) is 2.87. The van der Waals surface area contributed by atoms with Crippen LogP contribution in [0.5, 0.6) is 0 Å². The lowest BCUT2D eigenvalue weighted by atomic mass is 10.3. The van der Waals surface area contributed by atoms with E-state index in [0.29, 0.717) is 0 Å². The molecule has 0 amide bonds. The van der Waals surface area contributed by atoms with E-state index < -0.39 is 8.07 Å². The zero-order valence-electron chi connectivity index (χ0n) is 8.43. The van der Waals surface area contributed by atoms with Gasteiger partial charge in [0.1, 0.15) is 13.1 Å². The molecule has 1 rings (SSSR count). The highest BCUT2D eigenvalue weighted by Gasteiger charge is 2.09. The van der Waals surface area contributed by atoms with Gasteiger partial charge in [0.15, 0.2) is 0 Å². The van der Waals surface area contributed by atoms with E-state index in [2.05, 4.69) is 35.5 Å². The first-order valence-corrected chi connectivity index (χ1v) is 8.42. The van der Waals surface area contributed by atoms with Crippen molar-refractivity contribution in [2.75, 3.05) is 5.73 Å². The zero-order valence-corrected chi connectivity index (χ0v) is 10.2. The number of rotatable bonds is 0. The maximum atomic E-state index is 5.74. The van der Waals surface area contributed by atoms with Crippen LogP contribution in [-0.4, -0.2) is 12.4 Å². The molecule has 0 saturated carbocycles. The van der Waals surface area contributed by atoms with Crippen LogP contribution in [0.2, 0.25) is 19.6 Å². The monoisotopic (exact) mass is 210 g/mol. The predicted molar refractivity (Wildman–Crippen MR) is 61.5 cm³/mol. The Bertz CT molecular complexity index is 346. The van der Waals surface area contributed by atoms with Crippen molar-refractivity contribution >= 4 is 24.6 Å². The Kier molecular flexibility index (Phi) is 2.79. The first-order chi connectivity index (χ1) is 5.90. The highest BCUT2D eigenvalue weighted by atomic mass is 32.1. The standard InChI is InChI=1S/C9H14N2SSi/c1-7-8(9(10)12-11-7)5-6-13(2,3)4/h10H2,1-4H3. The van der Waals surface area contributed by atoms with Gasteiger partial charge >= 0.3 is 0 Å². The summed E-state index contributed by atoms with van der Waals surface area (Å²) in [6.07, 6.45) is 0. The van der Waals surface area contributed by atoms with Gasteiger partial charge in [-0.2, -0.15) is 4.37 Å². The second-order valence-electron chi connectivity index (χ2n) is 4.01.